The van der Waals surface area contributed by atoms with Crippen molar-refractivity contribution in [3.05, 3.63) is 65.7 Å². The van der Waals surface area contributed by atoms with E-state index in [1.165, 1.54) is 12.3 Å². The second-order valence-corrected chi connectivity index (χ2v) is 8.49. The van der Waals surface area contributed by atoms with Gasteiger partial charge in [0.15, 0.2) is 0 Å². The zero-order valence-corrected chi connectivity index (χ0v) is 16.4. The first-order valence-electron chi connectivity index (χ1n) is 10.3. The van der Waals surface area contributed by atoms with Gasteiger partial charge in [0, 0.05) is 23.7 Å². The number of aromatic nitrogens is 2. The van der Waals surface area contributed by atoms with Crippen molar-refractivity contribution >= 4 is 22.6 Å². The Morgan fingerprint density at radius 2 is 2.00 bits per heavy atom. The van der Waals surface area contributed by atoms with Crippen LogP contribution in [0.15, 0.2) is 48.8 Å². The lowest BCUT2D eigenvalue weighted by molar-refractivity contribution is -0.118. The van der Waals surface area contributed by atoms with Gasteiger partial charge in [-0.05, 0) is 85.4 Å². The summed E-state index contributed by atoms with van der Waals surface area (Å²) in [6.07, 6.45) is 8.16. The average molecular weight is 400 g/mol. The van der Waals surface area contributed by atoms with Crippen LogP contribution in [0.25, 0.3) is 10.9 Å². The van der Waals surface area contributed by atoms with Gasteiger partial charge >= 0.3 is 0 Å². The molecule has 2 aliphatic carbocycles. The van der Waals surface area contributed by atoms with E-state index < -0.39 is 0 Å². The maximum atomic E-state index is 13.8. The summed E-state index contributed by atoms with van der Waals surface area (Å²) in [5.74, 6) is 0.649. The molecule has 2 aromatic heterocycles. The minimum atomic E-state index is -0.237. The van der Waals surface area contributed by atoms with Crippen LogP contribution in [0.4, 0.5) is 10.2 Å². The predicted octanol–water partition coefficient (Wildman–Crippen LogP) is 4.94. The van der Waals surface area contributed by atoms with E-state index in [0.717, 1.165) is 48.6 Å². The highest BCUT2D eigenvalue weighted by Gasteiger charge is 2.58. The van der Waals surface area contributed by atoms with Crippen LogP contribution < -0.4 is 5.32 Å². The van der Waals surface area contributed by atoms with Crippen molar-refractivity contribution < 1.29 is 9.18 Å². The summed E-state index contributed by atoms with van der Waals surface area (Å²) in [5.41, 5.74) is 2.55. The Morgan fingerprint density at radius 1 is 1.17 bits per heavy atom. The highest BCUT2D eigenvalue weighted by atomic mass is 19.1. The summed E-state index contributed by atoms with van der Waals surface area (Å²) in [6, 6.07) is 12.1. The number of hydrogen-bond donors (Lipinski definition) is 1. The number of benzene rings is 1. The molecule has 1 aromatic carbocycles. The summed E-state index contributed by atoms with van der Waals surface area (Å²) >= 11 is 0. The molecule has 30 heavy (non-hydrogen) atoms. The van der Waals surface area contributed by atoms with E-state index in [-0.39, 0.29) is 23.1 Å². The normalized spacial score (nSPS) is 25.1. The maximum absolute atomic E-state index is 13.8. The van der Waals surface area contributed by atoms with Crippen molar-refractivity contribution in [2.75, 3.05) is 5.32 Å². The second-order valence-electron chi connectivity index (χ2n) is 8.49. The van der Waals surface area contributed by atoms with Crippen LogP contribution in [0.3, 0.4) is 0 Å². The highest BCUT2D eigenvalue weighted by Crippen LogP contribution is 2.63. The molecule has 1 amide bonds. The lowest BCUT2D eigenvalue weighted by atomic mass is 9.75. The van der Waals surface area contributed by atoms with Crippen molar-refractivity contribution in [1.29, 1.82) is 5.26 Å². The number of rotatable bonds is 3. The van der Waals surface area contributed by atoms with Crippen molar-refractivity contribution in [2.45, 2.75) is 38.0 Å². The molecule has 2 saturated carbocycles. The molecule has 2 fully saturated rings. The first kappa shape index (κ1) is 18.7. The Kier molecular flexibility index (Phi) is 4.47. The van der Waals surface area contributed by atoms with Gasteiger partial charge in [-0.25, -0.2) is 9.37 Å². The van der Waals surface area contributed by atoms with E-state index >= 15 is 0 Å². The lowest BCUT2D eigenvalue weighted by Gasteiger charge is -2.30. The van der Waals surface area contributed by atoms with Gasteiger partial charge in [0.1, 0.15) is 17.7 Å². The Bertz CT molecular complexity index is 1160. The third-order valence-electron chi connectivity index (χ3n) is 6.81. The highest BCUT2D eigenvalue weighted by molar-refractivity contribution is 5.94. The van der Waals surface area contributed by atoms with Crippen LogP contribution in [-0.2, 0) is 4.79 Å². The van der Waals surface area contributed by atoms with Crippen molar-refractivity contribution in [3.63, 3.8) is 0 Å². The van der Waals surface area contributed by atoms with Crippen LogP contribution in [-0.4, -0.2) is 15.9 Å². The molecule has 3 aromatic rings. The monoisotopic (exact) mass is 400 g/mol. The molecule has 1 atom stereocenters. The fourth-order valence-corrected chi connectivity index (χ4v) is 5.02. The molecule has 1 spiro atoms. The van der Waals surface area contributed by atoms with Gasteiger partial charge in [0.2, 0.25) is 5.91 Å². The van der Waals surface area contributed by atoms with Crippen LogP contribution >= 0.6 is 0 Å². The molecule has 0 unspecified atom stereocenters. The zero-order chi connectivity index (χ0) is 20.7. The lowest BCUT2D eigenvalue weighted by Crippen LogP contribution is -2.23. The van der Waals surface area contributed by atoms with E-state index in [2.05, 4.69) is 15.3 Å². The Morgan fingerprint density at radius 3 is 2.73 bits per heavy atom. The third-order valence-corrected chi connectivity index (χ3v) is 6.81. The van der Waals surface area contributed by atoms with Gasteiger partial charge < -0.3 is 5.32 Å². The summed E-state index contributed by atoms with van der Waals surface area (Å²) in [7, 11) is 0. The smallest absolute Gasteiger partial charge is 0.229 e. The van der Waals surface area contributed by atoms with Crippen LogP contribution in [0.1, 0.15) is 49.1 Å². The van der Waals surface area contributed by atoms with Crippen molar-refractivity contribution in [1.82, 2.24) is 9.97 Å². The number of nitrogens with one attached hydrogen (secondary N) is 1. The molecular formula is C24H21FN4O. The largest absolute Gasteiger partial charge is 0.310 e. The zero-order valence-electron chi connectivity index (χ0n) is 16.4. The summed E-state index contributed by atoms with van der Waals surface area (Å²) in [5, 5.41) is 12.6. The molecule has 5 nitrogen and oxygen atoms in total. The minimum Gasteiger partial charge on any atom is -0.310 e. The van der Waals surface area contributed by atoms with Crippen LogP contribution in [0.5, 0.6) is 0 Å². The van der Waals surface area contributed by atoms with Crippen molar-refractivity contribution in [2.24, 2.45) is 11.3 Å². The molecule has 0 aliphatic heterocycles. The number of nitriles is 1. The van der Waals surface area contributed by atoms with Crippen molar-refractivity contribution in [3.8, 4) is 6.07 Å². The van der Waals surface area contributed by atoms with E-state index in [1.54, 1.807) is 30.5 Å². The quantitative estimate of drug-likeness (QED) is 0.675. The summed E-state index contributed by atoms with van der Waals surface area (Å²) in [4.78, 5) is 21.2. The number of anilines is 1. The Balaban J connectivity index is 1.25. The van der Waals surface area contributed by atoms with Gasteiger partial charge in [0.25, 0.3) is 0 Å². The molecule has 0 bridgehead atoms. The van der Waals surface area contributed by atoms with E-state index in [1.807, 2.05) is 12.1 Å². The van der Waals surface area contributed by atoms with Gasteiger partial charge in [-0.3, -0.25) is 9.78 Å². The Labute approximate surface area is 174 Å². The van der Waals surface area contributed by atoms with Gasteiger partial charge in [-0.15, -0.1) is 0 Å². The number of hydrogen-bond acceptors (Lipinski definition) is 4. The minimum absolute atomic E-state index is 0.0158. The molecule has 6 heteroatoms. The number of fused-ring (bicyclic) bond motifs is 1. The number of nitrogens with zero attached hydrogens (tertiary/aromatic N) is 3. The van der Waals surface area contributed by atoms with Crippen LogP contribution in [0, 0.1) is 28.5 Å². The second kappa shape index (κ2) is 7.17. The third kappa shape index (κ3) is 3.30. The predicted molar refractivity (Wildman–Crippen MR) is 111 cm³/mol. The number of carbonyl (C=O) groups is 1. The SMILES string of the molecule is N#Cc1ccc(NC(=O)[C@H]2C[C@]23CC[C@H](c2ccnc4ccc(F)cc42)CC3)nc1. The molecule has 1 N–H and O–H groups in total. The summed E-state index contributed by atoms with van der Waals surface area (Å²) < 4.78 is 13.8. The first-order valence-corrected chi connectivity index (χ1v) is 10.3. The fourth-order valence-electron chi connectivity index (χ4n) is 5.02. The molecule has 2 aliphatic rings. The Hall–Kier alpha value is -3.33. The van der Waals surface area contributed by atoms with Gasteiger partial charge in [-0.2, -0.15) is 5.26 Å². The van der Waals surface area contributed by atoms with E-state index in [9.17, 15) is 9.18 Å². The topological polar surface area (TPSA) is 78.7 Å². The van der Waals surface area contributed by atoms with E-state index in [0.29, 0.717) is 17.3 Å². The maximum Gasteiger partial charge on any atom is 0.229 e. The number of pyridine rings is 2. The number of carbonyl (C=O) groups excluding carboxylic acids is 1. The van der Waals surface area contributed by atoms with E-state index in [4.69, 9.17) is 5.26 Å². The van der Waals surface area contributed by atoms with Crippen LogP contribution in [0.2, 0.25) is 0 Å². The molecule has 150 valence electrons. The molecule has 0 saturated heterocycles. The molecule has 5 rings (SSSR count). The summed E-state index contributed by atoms with van der Waals surface area (Å²) in [6.45, 7) is 0. The standard InChI is InChI=1S/C24H21FN4O/c25-17-2-3-21-19(11-17)18(7-10-27-21)16-5-8-24(9-6-16)12-20(24)23(30)29-22-4-1-15(13-26)14-28-22/h1-4,7,10-11,14,16,20H,5-6,8-9,12H2,(H,28,29,30)/t16-,20-,24+/m1/s1. The average Bonchev–Trinajstić information content (AvgIpc) is 3.48. The fraction of sp³-hybridized carbons (Fsp3) is 0.333. The van der Waals surface area contributed by atoms with Gasteiger partial charge in [-0.1, -0.05) is 0 Å². The first-order chi connectivity index (χ1) is 14.6. The number of halogens is 1. The molecule has 0 radical (unpaired) electrons. The number of amides is 1. The molecular weight excluding hydrogens is 379 g/mol. The molecule has 2 heterocycles. The van der Waals surface area contributed by atoms with Gasteiger partial charge in [0.05, 0.1) is 11.1 Å².